The fourth-order valence-corrected chi connectivity index (χ4v) is 5.38. The summed E-state index contributed by atoms with van der Waals surface area (Å²) in [6, 6.07) is 16.6. The highest BCUT2D eigenvalue weighted by Crippen LogP contribution is 2.27. The molecule has 0 saturated heterocycles. The topological polar surface area (TPSA) is 107 Å². The Labute approximate surface area is 233 Å². The van der Waals surface area contributed by atoms with Crippen molar-refractivity contribution in [1.29, 1.82) is 0 Å². The first kappa shape index (κ1) is 26.8. The number of amides is 1. The van der Waals surface area contributed by atoms with Gasteiger partial charge in [-0.1, -0.05) is 61.1 Å². The largest absolute Gasteiger partial charge is 0.381 e. The lowest BCUT2D eigenvalue weighted by atomic mass is 10.0. The highest BCUT2D eigenvalue weighted by molar-refractivity contribution is 6.03. The number of nitrogens with zero attached hydrogens (tertiary/aromatic N) is 3. The van der Waals surface area contributed by atoms with Gasteiger partial charge in [0.2, 0.25) is 0 Å². The van der Waals surface area contributed by atoms with Crippen LogP contribution in [0.5, 0.6) is 0 Å². The Kier molecular flexibility index (Phi) is 7.74. The van der Waals surface area contributed by atoms with Gasteiger partial charge in [-0.3, -0.25) is 18.8 Å². The molecule has 8 heteroatoms. The van der Waals surface area contributed by atoms with Gasteiger partial charge in [0.25, 0.3) is 11.5 Å². The third kappa shape index (κ3) is 5.23. The van der Waals surface area contributed by atoms with Gasteiger partial charge in [0.05, 0.1) is 11.4 Å². The van der Waals surface area contributed by atoms with Gasteiger partial charge in [0.1, 0.15) is 11.4 Å². The van der Waals surface area contributed by atoms with Crippen LogP contribution in [0.25, 0.3) is 16.5 Å². The number of carbonyl (C=O) groups excluding carboxylic acids is 1. The Morgan fingerprint density at radius 3 is 2.67 bits per heavy atom. The number of hydrogen-bond donors (Lipinski definition) is 3. The van der Waals surface area contributed by atoms with Gasteiger partial charge in [-0.05, 0) is 49.4 Å². The lowest BCUT2D eigenvalue weighted by Gasteiger charge is -2.21. The molecule has 1 amide bonds. The fourth-order valence-electron chi connectivity index (χ4n) is 5.38. The van der Waals surface area contributed by atoms with Crippen molar-refractivity contribution in [1.82, 2.24) is 19.7 Å². The summed E-state index contributed by atoms with van der Waals surface area (Å²) in [7, 11) is 1.71. The van der Waals surface area contributed by atoms with E-state index in [1.807, 2.05) is 61.5 Å². The summed E-state index contributed by atoms with van der Waals surface area (Å²) in [5.74, 6) is 7.30. The van der Waals surface area contributed by atoms with E-state index in [0.717, 1.165) is 23.8 Å². The molecule has 8 nitrogen and oxygen atoms in total. The van der Waals surface area contributed by atoms with Crippen LogP contribution in [0, 0.1) is 17.8 Å². The number of aromatic nitrogens is 3. The predicted molar refractivity (Wildman–Crippen MR) is 161 cm³/mol. The van der Waals surface area contributed by atoms with Crippen molar-refractivity contribution in [3.8, 4) is 17.5 Å². The first-order valence-electron chi connectivity index (χ1n) is 13.6. The van der Waals surface area contributed by atoms with E-state index < -0.39 is 11.9 Å². The minimum absolute atomic E-state index is 0.114. The summed E-state index contributed by atoms with van der Waals surface area (Å²) in [6.45, 7) is 6.02. The maximum absolute atomic E-state index is 14.2. The Hall–Kier alpha value is -4.77. The lowest BCUT2D eigenvalue weighted by Crippen LogP contribution is -2.32. The summed E-state index contributed by atoms with van der Waals surface area (Å²) in [5.41, 5.74) is 8.25. The Morgan fingerprint density at radius 1 is 1.20 bits per heavy atom. The molecule has 1 fully saturated rings. The molecule has 2 aromatic carbocycles. The molecule has 0 bridgehead atoms. The molecule has 5 rings (SSSR count). The number of aryl methyl sites for hydroxylation is 1. The van der Waals surface area contributed by atoms with Gasteiger partial charge < -0.3 is 16.4 Å². The van der Waals surface area contributed by atoms with Crippen LogP contribution >= 0.6 is 0 Å². The minimum atomic E-state index is -0.537. The van der Waals surface area contributed by atoms with Crippen LogP contribution in [0.2, 0.25) is 0 Å². The van der Waals surface area contributed by atoms with Crippen LogP contribution in [0.3, 0.4) is 0 Å². The van der Waals surface area contributed by atoms with Crippen molar-refractivity contribution >= 4 is 28.3 Å². The molecule has 1 saturated carbocycles. The first-order valence-corrected chi connectivity index (χ1v) is 13.6. The highest BCUT2D eigenvalue weighted by Gasteiger charge is 2.25. The number of para-hydroxylation sites is 1. The zero-order valence-electron chi connectivity index (χ0n) is 22.9. The van der Waals surface area contributed by atoms with Crippen molar-refractivity contribution in [2.24, 2.45) is 13.0 Å². The van der Waals surface area contributed by atoms with Crippen molar-refractivity contribution in [2.45, 2.75) is 38.6 Å². The number of pyridine rings is 1. The van der Waals surface area contributed by atoms with E-state index in [1.165, 1.54) is 17.5 Å². The van der Waals surface area contributed by atoms with E-state index in [9.17, 15) is 9.59 Å². The van der Waals surface area contributed by atoms with Crippen molar-refractivity contribution in [2.75, 3.05) is 17.6 Å². The number of carbonyl (C=O) groups is 1. The van der Waals surface area contributed by atoms with E-state index in [4.69, 9.17) is 5.73 Å². The second-order valence-electron chi connectivity index (χ2n) is 10.2. The van der Waals surface area contributed by atoms with Crippen LogP contribution in [0.15, 0.2) is 72.0 Å². The Morgan fingerprint density at radius 2 is 1.95 bits per heavy atom. The molecular weight excluding hydrogens is 500 g/mol. The summed E-state index contributed by atoms with van der Waals surface area (Å²) in [4.78, 5) is 27.7. The van der Waals surface area contributed by atoms with Crippen LogP contribution in [-0.4, -0.2) is 26.8 Å². The molecule has 0 spiro atoms. The Balaban J connectivity index is 1.59. The molecule has 2 heterocycles. The van der Waals surface area contributed by atoms with E-state index in [2.05, 4.69) is 34.2 Å². The van der Waals surface area contributed by atoms with Crippen LogP contribution in [0.4, 0.5) is 11.6 Å². The summed E-state index contributed by atoms with van der Waals surface area (Å²) in [6.07, 6.45) is 6.32. The summed E-state index contributed by atoms with van der Waals surface area (Å²) < 4.78 is 3.19. The molecule has 2 aromatic heterocycles. The molecule has 1 unspecified atom stereocenters. The zero-order valence-corrected chi connectivity index (χ0v) is 22.9. The van der Waals surface area contributed by atoms with Gasteiger partial charge in [-0.2, -0.15) is 5.10 Å². The van der Waals surface area contributed by atoms with Crippen molar-refractivity contribution in [3.05, 3.63) is 94.4 Å². The summed E-state index contributed by atoms with van der Waals surface area (Å²) >= 11 is 0. The molecule has 204 valence electrons. The highest BCUT2D eigenvalue weighted by atomic mass is 16.2. The Bertz CT molecular complexity index is 1680. The third-order valence-electron chi connectivity index (χ3n) is 7.36. The van der Waals surface area contributed by atoms with Gasteiger partial charge in [0.15, 0.2) is 5.82 Å². The first-order chi connectivity index (χ1) is 19.4. The molecule has 4 N–H and O–H groups in total. The zero-order chi connectivity index (χ0) is 28.2. The normalized spacial score (nSPS) is 13.9. The van der Waals surface area contributed by atoms with Gasteiger partial charge in [-0.15, -0.1) is 6.58 Å². The van der Waals surface area contributed by atoms with Crippen LogP contribution < -0.4 is 21.9 Å². The molecule has 0 aliphatic heterocycles. The third-order valence-corrected chi connectivity index (χ3v) is 7.36. The quantitative estimate of drug-likeness (QED) is 0.230. The van der Waals surface area contributed by atoms with Crippen LogP contribution in [-0.2, 0) is 7.05 Å². The number of hydrogen-bond acceptors (Lipinski definition) is 5. The number of anilines is 2. The molecule has 40 heavy (non-hydrogen) atoms. The standard InChI is InChI=1S/C32H34N6O2/c1-4-19-34-30-28(29(33)36-37(30)3)31(39)35-21(2)26-20-24-14-10-13-23(18-17-22-11-8-9-12-22)27(24)32(40)38(26)25-15-6-5-7-16-25/h4-7,10,13-16,20-22,34H,1,8-9,11-12,19H2,2-3H3,(H2,33,36)(H,35,39). The predicted octanol–water partition coefficient (Wildman–Crippen LogP) is 4.94. The number of nitrogen functional groups attached to an aromatic ring is 1. The van der Waals surface area contributed by atoms with E-state index in [1.54, 1.807) is 17.7 Å². The second kappa shape index (κ2) is 11.5. The maximum atomic E-state index is 14.2. The minimum Gasteiger partial charge on any atom is -0.381 e. The smallest absolute Gasteiger partial charge is 0.264 e. The second-order valence-corrected chi connectivity index (χ2v) is 10.2. The monoisotopic (exact) mass is 534 g/mol. The number of fused-ring (bicyclic) bond motifs is 1. The maximum Gasteiger partial charge on any atom is 0.264 e. The molecule has 1 atom stereocenters. The average molecular weight is 535 g/mol. The fraction of sp³-hybridized carbons (Fsp3) is 0.281. The molecular formula is C32H34N6O2. The van der Waals surface area contributed by atoms with E-state index in [0.29, 0.717) is 35.0 Å². The van der Waals surface area contributed by atoms with Gasteiger partial charge in [0, 0.05) is 36.5 Å². The molecule has 4 aromatic rings. The average Bonchev–Trinajstić information content (AvgIpc) is 3.57. The summed E-state index contributed by atoms with van der Waals surface area (Å²) in [5, 5.41) is 11.7. The molecule has 0 radical (unpaired) electrons. The van der Waals surface area contributed by atoms with E-state index in [-0.39, 0.29) is 16.9 Å². The van der Waals surface area contributed by atoms with Crippen LogP contribution in [0.1, 0.15) is 60.3 Å². The van der Waals surface area contributed by atoms with E-state index >= 15 is 0 Å². The molecule has 1 aliphatic rings. The number of nitrogens with two attached hydrogens (primary N) is 1. The number of rotatable bonds is 7. The van der Waals surface area contributed by atoms with Gasteiger partial charge in [-0.25, -0.2) is 0 Å². The van der Waals surface area contributed by atoms with Crippen molar-refractivity contribution in [3.63, 3.8) is 0 Å². The van der Waals surface area contributed by atoms with Crippen molar-refractivity contribution < 1.29 is 4.79 Å². The SMILES string of the molecule is C=CCNc1c(C(=O)NC(C)c2cc3cccc(C#CC4CCCC4)c3c(=O)n2-c2ccccc2)c(N)nn1C. The lowest BCUT2D eigenvalue weighted by molar-refractivity contribution is 0.0940. The number of benzene rings is 2. The van der Waals surface area contributed by atoms with Gasteiger partial charge >= 0.3 is 0 Å². The number of nitrogens with one attached hydrogen (secondary N) is 2. The molecule has 1 aliphatic carbocycles.